The van der Waals surface area contributed by atoms with E-state index in [2.05, 4.69) is 24.8 Å². The molecule has 0 aromatic carbocycles. The van der Waals surface area contributed by atoms with E-state index in [1.54, 1.807) is 18.5 Å². The SMILES string of the molecule is CN(c1ncccn1)C1CCN(c2cc(C(F)F)nc(C3CC3)n2)C1. The highest BCUT2D eigenvalue weighted by atomic mass is 19.3. The molecule has 3 heterocycles. The van der Waals surface area contributed by atoms with Crippen LogP contribution in [0.5, 0.6) is 0 Å². The molecule has 0 bridgehead atoms. The van der Waals surface area contributed by atoms with Crippen molar-refractivity contribution in [3.8, 4) is 0 Å². The van der Waals surface area contributed by atoms with Gasteiger partial charge in [-0.25, -0.2) is 28.7 Å². The Morgan fingerprint density at radius 1 is 1.16 bits per heavy atom. The number of anilines is 2. The van der Waals surface area contributed by atoms with Crippen molar-refractivity contribution in [2.24, 2.45) is 0 Å². The Hall–Kier alpha value is -2.38. The first-order chi connectivity index (χ1) is 12.1. The van der Waals surface area contributed by atoms with Gasteiger partial charge >= 0.3 is 0 Å². The van der Waals surface area contributed by atoms with Crippen molar-refractivity contribution in [2.75, 3.05) is 29.9 Å². The number of hydrogen-bond acceptors (Lipinski definition) is 6. The van der Waals surface area contributed by atoms with E-state index in [0.717, 1.165) is 25.8 Å². The van der Waals surface area contributed by atoms with Crippen molar-refractivity contribution < 1.29 is 8.78 Å². The molecule has 0 radical (unpaired) electrons. The molecule has 2 aromatic rings. The molecule has 2 fully saturated rings. The Morgan fingerprint density at radius 2 is 1.92 bits per heavy atom. The topological polar surface area (TPSA) is 58.0 Å². The first-order valence-electron chi connectivity index (χ1n) is 8.53. The molecule has 2 aromatic heterocycles. The van der Waals surface area contributed by atoms with Gasteiger partial charge in [0.15, 0.2) is 0 Å². The van der Waals surface area contributed by atoms with Gasteiger partial charge in [0, 0.05) is 44.5 Å². The molecule has 1 saturated carbocycles. The van der Waals surface area contributed by atoms with E-state index in [1.807, 2.05) is 11.9 Å². The summed E-state index contributed by atoms with van der Waals surface area (Å²) in [5.74, 6) is 2.09. The van der Waals surface area contributed by atoms with Gasteiger partial charge < -0.3 is 9.80 Å². The van der Waals surface area contributed by atoms with E-state index in [1.165, 1.54) is 6.07 Å². The predicted molar refractivity (Wildman–Crippen MR) is 90.0 cm³/mol. The second kappa shape index (κ2) is 6.50. The summed E-state index contributed by atoms with van der Waals surface area (Å²) in [6.45, 7) is 1.48. The van der Waals surface area contributed by atoms with Gasteiger partial charge in [-0.15, -0.1) is 0 Å². The summed E-state index contributed by atoms with van der Waals surface area (Å²) in [6, 6.07) is 3.43. The summed E-state index contributed by atoms with van der Waals surface area (Å²) < 4.78 is 26.4. The lowest BCUT2D eigenvalue weighted by atomic mass is 10.2. The summed E-state index contributed by atoms with van der Waals surface area (Å²) in [6.07, 6.45) is 3.74. The summed E-state index contributed by atoms with van der Waals surface area (Å²) in [4.78, 5) is 21.3. The van der Waals surface area contributed by atoms with Crippen LogP contribution in [0, 0.1) is 0 Å². The quantitative estimate of drug-likeness (QED) is 0.830. The first kappa shape index (κ1) is 16.1. The highest BCUT2D eigenvalue weighted by Crippen LogP contribution is 2.39. The van der Waals surface area contributed by atoms with Crippen LogP contribution in [0.4, 0.5) is 20.5 Å². The van der Waals surface area contributed by atoms with E-state index in [0.29, 0.717) is 24.1 Å². The minimum absolute atomic E-state index is 0.171. The zero-order chi connectivity index (χ0) is 17.4. The normalized spacial score (nSPS) is 20.3. The third-order valence-electron chi connectivity index (χ3n) is 4.82. The number of rotatable bonds is 5. The lowest BCUT2D eigenvalue weighted by Gasteiger charge is -2.25. The lowest BCUT2D eigenvalue weighted by molar-refractivity contribution is 0.145. The Kier molecular flexibility index (Phi) is 4.19. The molecule has 25 heavy (non-hydrogen) atoms. The summed E-state index contributed by atoms with van der Waals surface area (Å²) in [5.41, 5.74) is -0.171. The smallest absolute Gasteiger partial charge is 0.280 e. The number of halogens is 2. The van der Waals surface area contributed by atoms with Crippen LogP contribution < -0.4 is 9.80 Å². The van der Waals surface area contributed by atoms with Crippen LogP contribution in [0.15, 0.2) is 24.5 Å². The summed E-state index contributed by atoms with van der Waals surface area (Å²) >= 11 is 0. The highest BCUT2D eigenvalue weighted by molar-refractivity contribution is 5.44. The summed E-state index contributed by atoms with van der Waals surface area (Å²) in [7, 11) is 1.96. The number of aromatic nitrogens is 4. The Balaban J connectivity index is 1.53. The number of hydrogen-bond donors (Lipinski definition) is 0. The molecule has 132 valence electrons. The Bertz CT molecular complexity index is 717. The fourth-order valence-electron chi connectivity index (χ4n) is 3.17. The standard InChI is InChI=1S/C17H20F2N6/c1-24(17-20-6-2-7-21-17)12-5-8-25(10-12)14-9-13(15(18)19)22-16(23-14)11-3-4-11/h2,6-7,9,11-12,15H,3-5,8,10H2,1H3. The molecule has 1 aliphatic carbocycles. The van der Waals surface area contributed by atoms with Crippen LogP contribution in [-0.2, 0) is 0 Å². The number of likely N-dealkylation sites (N-methyl/N-ethyl adjacent to an activating group) is 1. The average Bonchev–Trinajstić information content (AvgIpc) is 3.38. The molecule has 1 atom stereocenters. The summed E-state index contributed by atoms with van der Waals surface area (Å²) in [5, 5.41) is 0. The van der Waals surface area contributed by atoms with Gasteiger partial charge in [-0.05, 0) is 25.3 Å². The molecule has 4 rings (SSSR count). The second-order valence-corrected chi connectivity index (χ2v) is 6.63. The van der Waals surface area contributed by atoms with Crippen LogP contribution in [0.2, 0.25) is 0 Å². The van der Waals surface area contributed by atoms with E-state index in [-0.39, 0.29) is 17.7 Å². The van der Waals surface area contributed by atoms with Gasteiger partial charge in [-0.1, -0.05) is 0 Å². The van der Waals surface area contributed by atoms with E-state index < -0.39 is 6.43 Å². The lowest BCUT2D eigenvalue weighted by Crippen LogP contribution is -2.35. The molecule has 2 aliphatic rings. The molecule has 0 amide bonds. The molecule has 0 spiro atoms. The fourth-order valence-corrected chi connectivity index (χ4v) is 3.17. The van der Waals surface area contributed by atoms with Crippen molar-refractivity contribution in [2.45, 2.75) is 37.6 Å². The van der Waals surface area contributed by atoms with Crippen LogP contribution in [0.3, 0.4) is 0 Å². The van der Waals surface area contributed by atoms with Gasteiger partial charge in [0.2, 0.25) is 5.95 Å². The van der Waals surface area contributed by atoms with Gasteiger partial charge in [0.1, 0.15) is 17.3 Å². The van der Waals surface area contributed by atoms with Gasteiger partial charge in [-0.3, -0.25) is 0 Å². The van der Waals surface area contributed by atoms with Crippen molar-refractivity contribution in [1.29, 1.82) is 0 Å². The third kappa shape index (κ3) is 3.38. The zero-order valence-corrected chi connectivity index (χ0v) is 14.0. The van der Waals surface area contributed by atoms with Crippen LogP contribution in [-0.4, -0.2) is 46.1 Å². The van der Waals surface area contributed by atoms with Crippen molar-refractivity contribution >= 4 is 11.8 Å². The van der Waals surface area contributed by atoms with Crippen LogP contribution >= 0.6 is 0 Å². The van der Waals surface area contributed by atoms with Crippen molar-refractivity contribution in [1.82, 2.24) is 19.9 Å². The maximum absolute atomic E-state index is 13.2. The van der Waals surface area contributed by atoms with Gasteiger partial charge in [0.25, 0.3) is 6.43 Å². The molecular weight excluding hydrogens is 326 g/mol. The van der Waals surface area contributed by atoms with Crippen LogP contribution in [0.1, 0.15) is 43.1 Å². The average molecular weight is 346 g/mol. The molecule has 1 unspecified atom stereocenters. The maximum Gasteiger partial charge on any atom is 0.280 e. The monoisotopic (exact) mass is 346 g/mol. The third-order valence-corrected chi connectivity index (χ3v) is 4.82. The van der Waals surface area contributed by atoms with Crippen LogP contribution in [0.25, 0.3) is 0 Å². The first-order valence-corrected chi connectivity index (χ1v) is 8.53. The highest BCUT2D eigenvalue weighted by Gasteiger charge is 2.32. The molecule has 6 nitrogen and oxygen atoms in total. The van der Waals surface area contributed by atoms with E-state index >= 15 is 0 Å². The van der Waals surface area contributed by atoms with Crippen molar-refractivity contribution in [3.05, 3.63) is 36.0 Å². The molecule has 1 saturated heterocycles. The Morgan fingerprint density at radius 3 is 2.60 bits per heavy atom. The van der Waals surface area contributed by atoms with Crippen molar-refractivity contribution in [3.63, 3.8) is 0 Å². The minimum atomic E-state index is -2.57. The van der Waals surface area contributed by atoms with E-state index in [9.17, 15) is 8.78 Å². The fraction of sp³-hybridized carbons (Fsp3) is 0.529. The maximum atomic E-state index is 13.2. The number of alkyl halides is 2. The van der Waals surface area contributed by atoms with E-state index in [4.69, 9.17) is 0 Å². The minimum Gasteiger partial charge on any atom is -0.354 e. The molecule has 0 N–H and O–H groups in total. The molecular formula is C17H20F2N6. The zero-order valence-electron chi connectivity index (χ0n) is 14.0. The predicted octanol–water partition coefficient (Wildman–Crippen LogP) is 2.80. The molecule has 8 heteroatoms. The van der Waals surface area contributed by atoms with Gasteiger partial charge in [-0.2, -0.15) is 0 Å². The second-order valence-electron chi connectivity index (χ2n) is 6.63. The van der Waals surface area contributed by atoms with Gasteiger partial charge in [0.05, 0.1) is 6.04 Å². The number of nitrogens with zero attached hydrogens (tertiary/aromatic N) is 6. The largest absolute Gasteiger partial charge is 0.354 e. The molecule has 1 aliphatic heterocycles. The Labute approximate surface area is 144 Å².